The van der Waals surface area contributed by atoms with E-state index in [4.69, 9.17) is 9.05 Å². The highest BCUT2D eigenvalue weighted by molar-refractivity contribution is 7.62. The Morgan fingerprint density at radius 1 is 0.556 bits per heavy atom. The molecule has 1 rings (SSSR count). The molecule has 4 nitrogen and oxygen atoms in total. The fourth-order valence-electron chi connectivity index (χ4n) is 6.30. The predicted octanol–water partition coefficient (Wildman–Crippen LogP) is 12.5. The smallest absolute Gasteiger partial charge is 0.305 e. The fraction of sp³-hybridized carbons (Fsp3) is 0.875. The molecule has 0 amide bonds. The molecule has 0 fully saturated rings. The lowest BCUT2D eigenvalue weighted by atomic mass is 9.91. The highest BCUT2D eigenvalue weighted by atomic mass is 31.2. The van der Waals surface area contributed by atoms with Gasteiger partial charge in [0.15, 0.2) is 12.4 Å². The van der Waals surface area contributed by atoms with Gasteiger partial charge in [0.1, 0.15) is 7.05 Å². The number of aryl methyl sites for hydroxylation is 1. The quantitative estimate of drug-likeness (QED) is 0.0456. The molecule has 45 heavy (non-hydrogen) atoms. The van der Waals surface area contributed by atoms with Crippen molar-refractivity contribution in [2.45, 2.75) is 183 Å². The van der Waals surface area contributed by atoms with E-state index in [0.29, 0.717) is 24.4 Å². The van der Waals surface area contributed by atoms with Crippen molar-refractivity contribution < 1.29 is 18.2 Å². The van der Waals surface area contributed by atoms with E-state index in [-0.39, 0.29) is 0 Å². The van der Waals surface area contributed by atoms with E-state index in [9.17, 15) is 4.57 Å². The van der Waals surface area contributed by atoms with E-state index in [1.54, 1.807) is 0 Å². The Balaban J connectivity index is 2.27. The number of rotatable bonds is 31. The van der Waals surface area contributed by atoms with E-state index in [0.717, 1.165) is 37.0 Å². The van der Waals surface area contributed by atoms with Gasteiger partial charge in [0.2, 0.25) is 0 Å². The molecule has 0 bridgehead atoms. The normalized spacial score (nSPS) is 15.3. The average molecular weight is 651 g/mol. The first-order valence-electron chi connectivity index (χ1n) is 19.5. The predicted molar refractivity (Wildman–Crippen MR) is 196 cm³/mol. The molecule has 1 aromatic heterocycles. The number of aromatic nitrogens is 1. The molecule has 0 spiro atoms. The Bertz CT molecular complexity index is 842. The molecule has 1 aromatic rings. The van der Waals surface area contributed by atoms with E-state index in [1.165, 1.54) is 122 Å². The van der Waals surface area contributed by atoms with Crippen LogP contribution in [0.3, 0.4) is 0 Å². The molecular formula is C40H77NO3P+. The first-order chi connectivity index (χ1) is 21.7. The lowest BCUT2D eigenvalue weighted by Crippen LogP contribution is -2.28. The van der Waals surface area contributed by atoms with Gasteiger partial charge in [0, 0.05) is 12.1 Å². The van der Waals surface area contributed by atoms with Gasteiger partial charge in [-0.05, 0) is 36.5 Å². The molecule has 0 aliphatic heterocycles. The number of pyridine rings is 1. The van der Waals surface area contributed by atoms with Crippen molar-refractivity contribution in [1.82, 2.24) is 0 Å². The van der Waals surface area contributed by atoms with Gasteiger partial charge < -0.3 is 9.05 Å². The van der Waals surface area contributed by atoms with Gasteiger partial charge in [0.05, 0.1) is 18.5 Å². The summed E-state index contributed by atoms with van der Waals surface area (Å²) in [5.74, 6) is 3.09. The van der Waals surface area contributed by atoms with Crippen LogP contribution in [0.2, 0.25) is 0 Å². The van der Waals surface area contributed by atoms with Crippen LogP contribution in [-0.4, -0.2) is 13.2 Å². The van der Waals surface area contributed by atoms with Crippen molar-refractivity contribution in [3.63, 3.8) is 0 Å². The monoisotopic (exact) mass is 651 g/mol. The topological polar surface area (TPSA) is 39.4 Å². The second-order valence-electron chi connectivity index (χ2n) is 15.1. The SMILES string of the molecule is CCCCCCCCCCCCCCOP(=O)(OCCC(C)CCCC(C)CCCC(C)CCCC(C)C)c1cc[n+](C)cc1. The summed E-state index contributed by atoms with van der Waals surface area (Å²) in [5, 5.41) is 0.676. The standard InChI is InChI=1S/C40H77NO3P/c1-8-9-10-11-12-13-14-15-16-17-18-19-34-43-45(42,40-29-32-41(7)33-30-40)44-35-31-39(6)28-22-27-38(5)26-21-25-37(4)24-20-23-36(2)3/h29-30,32-33,36-39H,8-28,31,34-35H2,1-7H3/q+1. The van der Waals surface area contributed by atoms with Crippen LogP contribution in [-0.2, 0) is 20.7 Å². The van der Waals surface area contributed by atoms with Gasteiger partial charge in [-0.2, -0.15) is 0 Å². The van der Waals surface area contributed by atoms with Crippen molar-refractivity contribution >= 4 is 12.9 Å². The first kappa shape index (κ1) is 42.3. The van der Waals surface area contributed by atoms with Crippen LogP contribution in [0.4, 0.5) is 0 Å². The van der Waals surface area contributed by atoms with Crippen LogP contribution in [0, 0.1) is 23.7 Å². The molecule has 0 radical (unpaired) electrons. The second-order valence-corrected chi connectivity index (χ2v) is 17.1. The molecular weight excluding hydrogens is 573 g/mol. The third-order valence-electron chi connectivity index (χ3n) is 9.67. The van der Waals surface area contributed by atoms with Crippen molar-refractivity contribution in [1.29, 1.82) is 0 Å². The van der Waals surface area contributed by atoms with Crippen molar-refractivity contribution in [2.24, 2.45) is 30.7 Å². The third-order valence-corrected chi connectivity index (χ3v) is 11.6. The van der Waals surface area contributed by atoms with Gasteiger partial charge >= 0.3 is 7.60 Å². The zero-order chi connectivity index (χ0) is 33.2. The summed E-state index contributed by atoms with van der Waals surface area (Å²) in [4.78, 5) is 0. The molecule has 4 unspecified atom stereocenters. The number of hydrogen-bond acceptors (Lipinski definition) is 3. The summed E-state index contributed by atoms with van der Waals surface area (Å²) in [6.07, 6.45) is 32.5. The van der Waals surface area contributed by atoms with E-state index in [2.05, 4.69) is 41.5 Å². The Morgan fingerprint density at radius 3 is 1.42 bits per heavy atom. The zero-order valence-electron chi connectivity index (χ0n) is 31.2. The summed E-state index contributed by atoms with van der Waals surface area (Å²) in [6, 6.07) is 3.78. The summed E-state index contributed by atoms with van der Waals surface area (Å²) < 4.78 is 28.0. The molecule has 0 N–H and O–H groups in total. The highest BCUT2D eigenvalue weighted by Gasteiger charge is 2.28. The minimum absolute atomic E-state index is 0.488. The molecule has 0 aromatic carbocycles. The maximum absolute atomic E-state index is 13.9. The fourth-order valence-corrected chi connectivity index (χ4v) is 7.89. The van der Waals surface area contributed by atoms with E-state index < -0.39 is 7.60 Å². The second kappa shape index (κ2) is 27.3. The molecule has 0 aliphatic carbocycles. The largest absolute Gasteiger partial charge is 0.361 e. The summed E-state index contributed by atoms with van der Waals surface area (Å²) >= 11 is 0. The third kappa shape index (κ3) is 23.3. The van der Waals surface area contributed by atoms with Crippen molar-refractivity contribution in [3.8, 4) is 0 Å². The molecule has 264 valence electrons. The molecule has 5 heteroatoms. The van der Waals surface area contributed by atoms with Crippen LogP contribution in [0.1, 0.15) is 183 Å². The Kier molecular flexibility index (Phi) is 25.6. The maximum Gasteiger partial charge on any atom is 0.361 e. The number of hydrogen-bond donors (Lipinski definition) is 0. The maximum atomic E-state index is 13.9. The summed E-state index contributed by atoms with van der Waals surface area (Å²) in [6.45, 7) is 15.1. The van der Waals surface area contributed by atoms with E-state index in [1.807, 2.05) is 36.1 Å². The van der Waals surface area contributed by atoms with Crippen LogP contribution in [0.5, 0.6) is 0 Å². The van der Waals surface area contributed by atoms with Crippen LogP contribution in [0.15, 0.2) is 24.5 Å². The minimum atomic E-state index is -3.32. The first-order valence-corrected chi connectivity index (χ1v) is 21.1. The van der Waals surface area contributed by atoms with Crippen molar-refractivity contribution in [2.75, 3.05) is 13.2 Å². The average Bonchev–Trinajstić information content (AvgIpc) is 2.99. The van der Waals surface area contributed by atoms with Crippen molar-refractivity contribution in [3.05, 3.63) is 24.5 Å². The van der Waals surface area contributed by atoms with Gasteiger partial charge in [-0.3, -0.25) is 4.57 Å². The minimum Gasteiger partial charge on any atom is -0.305 e. The van der Waals surface area contributed by atoms with Crippen LogP contribution < -0.4 is 9.87 Å². The van der Waals surface area contributed by atoms with Crippen LogP contribution >= 0.6 is 7.60 Å². The van der Waals surface area contributed by atoms with Gasteiger partial charge in [0.25, 0.3) is 0 Å². The van der Waals surface area contributed by atoms with Gasteiger partial charge in [-0.25, -0.2) is 4.57 Å². The van der Waals surface area contributed by atoms with E-state index >= 15 is 0 Å². The lowest BCUT2D eigenvalue weighted by Gasteiger charge is -2.20. The molecule has 0 aliphatic rings. The van der Waals surface area contributed by atoms with Crippen LogP contribution in [0.25, 0.3) is 0 Å². The lowest BCUT2D eigenvalue weighted by molar-refractivity contribution is -0.671. The highest BCUT2D eigenvalue weighted by Crippen LogP contribution is 2.47. The molecule has 1 heterocycles. The van der Waals surface area contributed by atoms with Gasteiger partial charge in [-0.1, -0.05) is 170 Å². The zero-order valence-corrected chi connectivity index (χ0v) is 32.1. The Morgan fingerprint density at radius 2 is 0.956 bits per heavy atom. The summed E-state index contributed by atoms with van der Waals surface area (Å²) in [5.41, 5.74) is 0. The molecule has 0 saturated heterocycles. The number of nitrogens with zero attached hydrogens (tertiary/aromatic N) is 1. The molecule has 0 saturated carbocycles. The number of unbranched alkanes of at least 4 members (excludes halogenated alkanes) is 11. The molecule has 4 atom stereocenters. The summed E-state index contributed by atoms with van der Waals surface area (Å²) in [7, 11) is -1.35. The Labute approximate surface area is 281 Å². The van der Waals surface area contributed by atoms with Gasteiger partial charge in [-0.15, -0.1) is 0 Å². The Hall–Kier alpha value is -0.700.